The molecule has 0 aliphatic heterocycles. The van der Waals surface area contributed by atoms with E-state index in [9.17, 15) is 9.18 Å². The first kappa shape index (κ1) is 5.70. The third-order valence-electron chi connectivity index (χ3n) is 1.19. The van der Waals surface area contributed by atoms with E-state index in [1.54, 1.807) is 0 Å². The number of halogens is 2. The van der Waals surface area contributed by atoms with Gasteiger partial charge in [-0.2, -0.15) is 0 Å². The Labute approximate surface area is 82.1 Å². The summed E-state index contributed by atoms with van der Waals surface area (Å²) in [5, 5.41) is 2.16. The van der Waals surface area contributed by atoms with Crippen LogP contribution < -0.4 is 5.32 Å². The highest BCUT2D eigenvalue weighted by atomic mass is 79.9. The first-order valence-corrected chi connectivity index (χ1v) is 3.88. The normalized spacial score (nSPS) is 13.1. The molecule has 0 spiro atoms. The zero-order valence-electron chi connectivity index (χ0n) is 9.16. The minimum Gasteiger partial charge on any atom is -0.355 e. The monoisotopic (exact) mass is 234 g/mol. The van der Waals surface area contributed by atoms with Crippen molar-refractivity contribution in [1.29, 1.82) is 0 Å². The Balaban J connectivity index is 3.60. The lowest BCUT2D eigenvalue weighted by molar-refractivity contribution is 0.0959. The van der Waals surface area contributed by atoms with E-state index in [-0.39, 0.29) is 10.5 Å². The molecule has 0 bridgehead atoms. The second-order valence-electron chi connectivity index (χ2n) is 1.96. The lowest BCUT2D eigenvalue weighted by atomic mass is 10.2. The van der Waals surface area contributed by atoms with Gasteiger partial charge >= 0.3 is 0 Å². The molecular formula is C8H7BrFNO. The summed E-state index contributed by atoms with van der Waals surface area (Å²) in [5.74, 6) is -1.91. The second kappa shape index (κ2) is 3.67. The van der Waals surface area contributed by atoms with Gasteiger partial charge in [0.1, 0.15) is 5.82 Å². The van der Waals surface area contributed by atoms with E-state index in [2.05, 4.69) is 21.2 Å². The summed E-state index contributed by atoms with van der Waals surface area (Å²) in [6.07, 6.45) is 0. The van der Waals surface area contributed by atoms with Gasteiger partial charge in [0.25, 0.3) is 5.91 Å². The van der Waals surface area contributed by atoms with Crippen LogP contribution in [0.1, 0.15) is 14.5 Å². The van der Waals surface area contributed by atoms with E-state index >= 15 is 0 Å². The largest absolute Gasteiger partial charge is 0.355 e. The predicted molar refractivity (Wildman–Crippen MR) is 47.5 cm³/mol. The Bertz CT molecular complexity index is 409. The molecule has 1 amide bonds. The van der Waals surface area contributed by atoms with Gasteiger partial charge in [-0.15, -0.1) is 0 Å². The maximum atomic E-state index is 13.5. The summed E-state index contributed by atoms with van der Waals surface area (Å²) >= 11 is 2.82. The molecule has 0 saturated carbocycles. The fourth-order valence-corrected chi connectivity index (χ4v) is 0.917. The molecule has 1 rings (SSSR count). The van der Waals surface area contributed by atoms with Gasteiger partial charge in [-0.25, -0.2) is 4.39 Å². The van der Waals surface area contributed by atoms with Crippen LogP contribution in [0.15, 0.2) is 22.6 Å². The Kier molecular flexibility index (Phi) is 1.74. The van der Waals surface area contributed by atoms with E-state index in [1.807, 2.05) is 0 Å². The first-order valence-electron chi connectivity index (χ1n) is 4.58. The Morgan fingerprint density at radius 1 is 1.75 bits per heavy atom. The Morgan fingerprint density at radius 3 is 3.00 bits per heavy atom. The lowest BCUT2D eigenvalue weighted by Gasteiger charge is -2.00. The molecular weight excluding hydrogens is 225 g/mol. The fourth-order valence-electron chi connectivity index (χ4n) is 0.644. The zero-order chi connectivity index (χ0) is 11.7. The quantitative estimate of drug-likeness (QED) is 0.791. The molecule has 1 aromatic carbocycles. The van der Waals surface area contributed by atoms with Crippen LogP contribution in [0.3, 0.4) is 0 Å². The number of benzene rings is 1. The third kappa shape index (κ3) is 1.82. The molecule has 0 saturated heterocycles. The van der Waals surface area contributed by atoms with E-state index in [4.69, 9.17) is 4.11 Å². The maximum absolute atomic E-state index is 13.5. The second-order valence-corrected chi connectivity index (χ2v) is 2.75. The van der Waals surface area contributed by atoms with Crippen molar-refractivity contribution in [1.82, 2.24) is 5.32 Å². The molecule has 1 aromatic rings. The number of nitrogens with one attached hydrogen (secondary N) is 1. The summed E-state index contributed by atoms with van der Waals surface area (Å²) in [5.41, 5.74) is -0.573. The molecule has 0 fully saturated rings. The smallest absolute Gasteiger partial charge is 0.253 e. The minimum absolute atomic E-state index is 0.127. The first-order chi connectivity index (χ1) is 6.91. The number of rotatable bonds is 1. The average molecular weight is 235 g/mol. The SMILES string of the molecule is [2H]c1c([2H])c(C(=O)NC)c(F)c([2H])c1Br. The molecule has 0 radical (unpaired) electrons. The molecule has 0 aliphatic carbocycles. The number of amides is 1. The van der Waals surface area contributed by atoms with Gasteiger partial charge in [-0.1, -0.05) is 15.9 Å². The fraction of sp³-hybridized carbons (Fsp3) is 0.125. The molecule has 0 unspecified atom stereocenters. The van der Waals surface area contributed by atoms with Crippen LogP contribution in [-0.2, 0) is 0 Å². The van der Waals surface area contributed by atoms with Gasteiger partial charge in [-0.3, -0.25) is 4.79 Å². The molecule has 0 aromatic heterocycles. The molecule has 0 atom stereocenters. The predicted octanol–water partition coefficient (Wildman–Crippen LogP) is 1.95. The van der Waals surface area contributed by atoms with Crippen molar-refractivity contribution < 1.29 is 13.3 Å². The van der Waals surface area contributed by atoms with E-state index in [1.165, 1.54) is 7.05 Å². The number of hydrogen-bond acceptors (Lipinski definition) is 1. The summed E-state index contributed by atoms with van der Waals surface area (Å²) in [6.45, 7) is 0. The Morgan fingerprint density at radius 2 is 2.42 bits per heavy atom. The lowest BCUT2D eigenvalue weighted by Crippen LogP contribution is -2.19. The molecule has 4 heteroatoms. The van der Waals surface area contributed by atoms with Crippen LogP contribution in [0.4, 0.5) is 4.39 Å². The summed E-state index contributed by atoms with van der Waals surface area (Å²) in [6, 6.07) is -1.50. The van der Waals surface area contributed by atoms with Gasteiger partial charge in [0.2, 0.25) is 0 Å². The number of carbonyl (C=O) groups excluding carboxylic acids is 1. The van der Waals surface area contributed by atoms with Crippen LogP contribution in [0.5, 0.6) is 0 Å². The highest BCUT2D eigenvalue weighted by Gasteiger charge is 2.08. The van der Waals surface area contributed by atoms with Crippen LogP contribution in [0.25, 0.3) is 0 Å². The van der Waals surface area contributed by atoms with Crippen molar-refractivity contribution >= 4 is 21.8 Å². The van der Waals surface area contributed by atoms with Crippen LogP contribution >= 0.6 is 15.9 Å². The standard InChI is InChI=1S/C8H7BrFNO/c1-11-8(12)6-3-2-5(9)4-7(6)10/h2-4H,1H3,(H,11,12)/i2D,3D,4D. The van der Waals surface area contributed by atoms with Gasteiger partial charge in [0.05, 0.1) is 9.68 Å². The topological polar surface area (TPSA) is 29.1 Å². The van der Waals surface area contributed by atoms with Crippen molar-refractivity contribution in [2.75, 3.05) is 7.05 Å². The highest BCUT2D eigenvalue weighted by molar-refractivity contribution is 9.10. The molecule has 1 N–H and O–H groups in total. The minimum atomic E-state index is -1.10. The molecule has 2 nitrogen and oxygen atoms in total. The van der Waals surface area contributed by atoms with E-state index < -0.39 is 29.4 Å². The van der Waals surface area contributed by atoms with Gasteiger partial charge in [-0.05, 0) is 18.1 Å². The van der Waals surface area contributed by atoms with E-state index in [0.717, 1.165) is 0 Å². The average Bonchev–Trinajstić information content (AvgIpc) is 2.23. The molecule has 64 valence electrons. The van der Waals surface area contributed by atoms with Gasteiger partial charge in [0.15, 0.2) is 0 Å². The summed E-state index contributed by atoms with van der Waals surface area (Å²) < 4.78 is 35.4. The van der Waals surface area contributed by atoms with Crippen LogP contribution in [-0.4, -0.2) is 13.0 Å². The van der Waals surface area contributed by atoms with Crippen molar-refractivity contribution in [3.8, 4) is 0 Å². The third-order valence-corrected chi connectivity index (χ3v) is 1.59. The number of carbonyl (C=O) groups is 1. The van der Waals surface area contributed by atoms with Crippen molar-refractivity contribution in [3.63, 3.8) is 0 Å². The van der Waals surface area contributed by atoms with Gasteiger partial charge < -0.3 is 5.32 Å². The van der Waals surface area contributed by atoms with Crippen molar-refractivity contribution in [3.05, 3.63) is 34.0 Å². The van der Waals surface area contributed by atoms with Gasteiger partial charge in [0, 0.05) is 11.5 Å². The van der Waals surface area contributed by atoms with E-state index in [0.29, 0.717) is 0 Å². The molecule has 12 heavy (non-hydrogen) atoms. The zero-order valence-corrected chi connectivity index (χ0v) is 7.75. The molecule has 0 aliphatic rings. The highest BCUT2D eigenvalue weighted by Crippen LogP contribution is 2.14. The molecule has 0 heterocycles. The summed E-state index contributed by atoms with van der Waals surface area (Å²) in [4.78, 5) is 11.2. The summed E-state index contributed by atoms with van der Waals surface area (Å²) in [7, 11) is 1.29. The maximum Gasteiger partial charge on any atom is 0.253 e. The van der Waals surface area contributed by atoms with Crippen LogP contribution in [0.2, 0.25) is 0 Å². The number of hydrogen-bond donors (Lipinski definition) is 1. The Hall–Kier alpha value is -0.900. The van der Waals surface area contributed by atoms with Crippen LogP contribution in [0, 0.1) is 5.82 Å². The van der Waals surface area contributed by atoms with Crippen molar-refractivity contribution in [2.45, 2.75) is 0 Å². The van der Waals surface area contributed by atoms with Crippen molar-refractivity contribution in [2.24, 2.45) is 0 Å².